The first-order valence-electron chi connectivity index (χ1n) is 12.4. The standard InChI is InChI=1S/C28H32N2O5S2/c1-6-7-8-13-34-20-12-11-19(15-21(20)33-5)16-23-26(31)30-25(22-10-9-14-36-22)24(27(32)35-17(2)3)18(4)29-28(30)37-23/h9-12,14-17,25H,6-8,13H2,1-5H3/b23-16+/t25-/m1/s1. The largest absolute Gasteiger partial charge is 0.493 e. The molecule has 0 saturated heterocycles. The van der Waals surface area contributed by atoms with Gasteiger partial charge in [-0.25, -0.2) is 9.79 Å². The number of thiazole rings is 1. The van der Waals surface area contributed by atoms with Crippen molar-refractivity contribution in [3.8, 4) is 11.5 Å². The van der Waals surface area contributed by atoms with Crippen molar-refractivity contribution in [2.45, 2.75) is 59.1 Å². The van der Waals surface area contributed by atoms with Gasteiger partial charge in [-0.15, -0.1) is 11.3 Å². The maximum absolute atomic E-state index is 13.7. The van der Waals surface area contributed by atoms with E-state index in [1.165, 1.54) is 22.7 Å². The minimum absolute atomic E-state index is 0.205. The number of hydrogen-bond donors (Lipinski definition) is 0. The third kappa shape index (κ3) is 5.88. The maximum atomic E-state index is 13.7. The van der Waals surface area contributed by atoms with Gasteiger partial charge in [0.25, 0.3) is 5.56 Å². The summed E-state index contributed by atoms with van der Waals surface area (Å²) >= 11 is 2.79. The van der Waals surface area contributed by atoms with E-state index in [1.807, 2.05) is 41.8 Å². The molecule has 0 aliphatic carbocycles. The van der Waals surface area contributed by atoms with Crippen molar-refractivity contribution in [3.05, 3.63) is 77.1 Å². The van der Waals surface area contributed by atoms with Gasteiger partial charge in [0.15, 0.2) is 16.3 Å². The Kier molecular flexibility index (Phi) is 8.66. The van der Waals surface area contributed by atoms with Crippen LogP contribution in [0.3, 0.4) is 0 Å². The zero-order valence-corrected chi connectivity index (χ0v) is 23.4. The first-order valence-corrected chi connectivity index (χ1v) is 14.1. The highest BCUT2D eigenvalue weighted by atomic mass is 32.1. The van der Waals surface area contributed by atoms with Gasteiger partial charge in [0.2, 0.25) is 0 Å². The number of unbranched alkanes of at least 4 members (excludes halogenated alkanes) is 2. The van der Waals surface area contributed by atoms with Crippen molar-refractivity contribution in [1.29, 1.82) is 0 Å². The number of fused-ring (bicyclic) bond motifs is 1. The SMILES string of the molecule is CCCCCOc1ccc(/C=c2/sc3n(c2=O)[C@H](c2cccs2)C(C(=O)OC(C)C)=C(C)N=3)cc1OC. The molecule has 37 heavy (non-hydrogen) atoms. The van der Waals surface area contributed by atoms with Crippen molar-refractivity contribution < 1.29 is 19.0 Å². The molecule has 4 rings (SSSR count). The van der Waals surface area contributed by atoms with Crippen LogP contribution >= 0.6 is 22.7 Å². The van der Waals surface area contributed by atoms with E-state index in [4.69, 9.17) is 14.2 Å². The zero-order valence-electron chi connectivity index (χ0n) is 21.8. The quantitative estimate of drug-likeness (QED) is 0.272. The van der Waals surface area contributed by atoms with Gasteiger partial charge < -0.3 is 14.2 Å². The number of esters is 1. The summed E-state index contributed by atoms with van der Waals surface area (Å²) in [5.74, 6) is 0.839. The number of aromatic nitrogens is 1. The molecule has 3 aromatic rings. The molecule has 1 aliphatic rings. The second-order valence-corrected chi connectivity index (χ2v) is 11.0. The third-order valence-electron chi connectivity index (χ3n) is 5.89. The minimum atomic E-state index is -0.585. The molecule has 9 heteroatoms. The molecule has 2 aromatic heterocycles. The summed E-state index contributed by atoms with van der Waals surface area (Å²) in [7, 11) is 1.60. The van der Waals surface area contributed by atoms with E-state index in [1.54, 1.807) is 32.4 Å². The molecular formula is C28H32N2O5S2. The van der Waals surface area contributed by atoms with Crippen molar-refractivity contribution >= 4 is 34.7 Å². The van der Waals surface area contributed by atoms with E-state index >= 15 is 0 Å². The van der Waals surface area contributed by atoms with Crippen LogP contribution in [-0.2, 0) is 9.53 Å². The van der Waals surface area contributed by atoms with Crippen LogP contribution in [0.15, 0.2) is 56.8 Å². The Balaban J connectivity index is 1.75. The number of rotatable bonds is 10. The van der Waals surface area contributed by atoms with E-state index in [0.717, 1.165) is 29.7 Å². The normalized spacial score (nSPS) is 15.5. The number of thiophene rings is 1. The molecule has 0 radical (unpaired) electrons. The lowest BCUT2D eigenvalue weighted by Gasteiger charge is -2.24. The maximum Gasteiger partial charge on any atom is 0.338 e. The Morgan fingerprint density at radius 3 is 2.70 bits per heavy atom. The number of hydrogen-bond acceptors (Lipinski definition) is 8. The number of benzene rings is 1. The predicted octanol–water partition coefficient (Wildman–Crippen LogP) is 4.83. The van der Waals surface area contributed by atoms with Crippen LogP contribution < -0.4 is 24.4 Å². The fourth-order valence-electron chi connectivity index (χ4n) is 4.16. The lowest BCUT2D eigenvalue weighted by molar-refractivity contribution is -0.143. The number of nitrogens with zero attached hydrogens (tertiary/aromatic N) is 2. The van der Waals surface area contributed by atoms with Crippen molar-refractivity contribution in [2.75, 3.05) is 13.7 Å². The van der Waals surface area contributed by atoms with Crippen LogP contribution in [0, 0.1) is 0 Å². The minimum Gasteiger partial charge on any atom is -0.493 e. The molecule has 0 unspecified atom stereocenters. The van der Waals surface area contributed by atoms with Gasteiger partial charge in [-0.1, -0.05) is 43.2 Å². The monoisotopic (exact) mass is 540 g/mol. The summed E-state index contributed by atoms with van der Waals surface area (Å²) in [6.45, 7) is 8.18. The van der Waals surface area contributed by atoms with Crippen molar-refractivity contribution in [3.63, 3.8) is 0 Å². The van der Waals surface area contributed by atoms with Crippen LogP contribution in [0.5, 0.6) is 11.5 Å². The second-order valence-electron chi connectivity index (χ2n) is 9.02. The molecule has 196 valence electrons. The molecule has 1 aromatic carbocycles. The lowest BCUT2D eigenvalue weighted by Crippen LogP contribution is -2.39. The van der Waals surface area contributed by atoms with E-state index in [9.17, 15) is 9.59 Å². The number of methoxy groups -OCH3 is 1. The number of allylic oxidation sites excluding steroid dienone is 1. The zero-order chi connectivity index (χ0) is 26.5. The van der Waals surface area contributed by atoms with Crippen molar-refractivity contribution in [1.82, 2.24) is 4.57 Å². The van der Waals surface area contributed by atoms with Gasteiger partial charge in [0.1, 0.15) is 6.04 Å². The molecule has 0 bridgehead atoms. The highest BCUT2D eigenvalue weighted by molar-refractivity contribution is 7.10. The fourth-order valence-corrected chi connectivity index (χ4v) is 6.03. The summed E-state index contributed by atoms with van der Waals surface area (Å²) in [5, 5.41) is 1.93. The van der Waals surface area contributed by atoms with E-state index in [2.05, 4.69) is 11.9 Å². The smallest absolute Gasteiger partial charge is 0.338 e. The van der Waals surface area contributed by atoms with Crippen LogP contribution in [0.2, 0.25) is 0 Å². The molecule has 1 aliphatic heterocycles. The Morgan fingerprint density at radius 2 is 2.03 bits per heavy atom. The molecule has 0 N–H and O–H groups in total. The topological polar surface area (TPSA) is 79.1 Å². The molecule has 0 spiro atoms. The average molecular weight is 541 g/mol. The van der Waals surface area contributed by atoms with E-state index < -0.39 is 12.0 Å². The summed E-state index contributed by atoms with van der Waals surface area (Å²) < 4.78 is 19.1. The summed E-state index contributed by atoms with van der Waals surface area (Å²) in [5.41, 5.74) is 1.55. The number of carbonyl (C=O) groups excluding carboxylic acids is 1. The van der Waals surface area contributed by atoms with Gasteiger partial charge in [0.05, 0.1) is 35.6 Å². The Morgan fingerprint density at radius 1 is 1.22 bits per heavy atom. The van der Waals surface area contributed by atoms with Gasteiger partial charge in [-0.05, 0) is 62.4 Å². The molecule has 0 amide bonds. The van der Waals surface area contributed by atoms with Gasteiger partial charge >= 0.3 is 5.97 Å². The fraction of sp³-hybridized carbons (Fsp3) is 0.393. The van der Waals surface area contributed by atoms with Crippen LogP contribution in [0.4, 0.5) is 0 Å². The third-order valence-corrected chi connectivity index (χ3v) is 7.80. The van der Waals surface area contributed by atoms with Gasteiger partial charge in [-0.2, -0.15) is 0 Å². The summed E-state index contributed by atoms with van der Waals surface area (Å²) in [4.78, 5) is 32.8. The first-order chi connectivity index (χ1) is 17.8. The molecular weight excluding hydrogens is 508 g/mol. The average Bonchev–Trinajstić information content (AvgIpc) is 3.49. The Labute approximate surface area is 224 Å². The highest BCUT2D eigenvalue weighted by Crippen LogP contribution is 2.33. The van der Waals surface area contributed by atoms with Gasteiger partial charge in [0, 0.05) is 4.88 Å². The lowest BCUT2D eigenvalue weighted by atomic mass is 10.0. The van der Waals surface area contributed by atoms with Crippen LogP contribution in [-0.4, -0.2) is 30.4 Å². The highest BCUT2D eigenvalue weighted by Gasteiger charge is 2.34. The Bertz CT molecular complexity index is 1460. The predicted molar refractivity (Wildman–Crippen MR) is 147 cm³/mol. The van der Waals surface area contributed by atoms with Gasteiger partial charge in [-0.3, -0.25) is 9.36 Å². The Hall–Kier alpha value is -3.17. The van der Waals surface area contributed by atoms with Crippen LogP contribution in [0.1, 0.15) is 63.4 Å². The summed E-state index contributed by atoms with van der Waals surface area (Å²) in [6.07, 6.45) is 4.77. The van der Waals surface area contributed by atoms with E-state index in [0.29, 0.717) is 38.7 Å². The molecule has 1 atom stereocenters. The molecule has 3 heterocycles. The first kappa shape index (κ1) is 26.9. The van der Waals surface area contributed by atoms with Crippen LogP contribution in [0.25, 0.3) is 6.08 Å². The molecule has 0 saturated carbocycles. The molecule has 0 fully saturated rings. The second kappa shape index (κ2) is 11.9. The van der Waals surface area contributed by atoms with Crippen molar-refractivity contribution in [2.24, 2.45) is 4.99 Å². The number of ether oxygens (including phenoxy) is 3. The number of carbonyl (C=O) groups is 1. The summed E-state index contributed by atoms with van der Waals surface area (Å²) in [6, 6.07) is 8.89. The molecule has 7 nitrogen and oxygen atoms in total. The van der Waals surface area contributed by atoms with E-state index in [-0.39, 0.29) is 11.7 Å².